The predicted molar refractivity (Wildman–Crippen MR) is 76.8 cm³/mol. The maximum Gasteiger partial charge on any atom is 0.253 e. The number of thiazole rings is 1. The fourth-order valence-electron chi connectivity index (χ4n) is 2.36. The number of H-pyrrole nitrogens is 1. The number of aromatic nitrogens is 1. The number of fused-ring (bicyclic) bond motifs is 1. The lowest BCUT2D eigenvalue weighted by molar-refractivity contribution is 0.0724. The molecule has 2 aromatic rings. The number of amides is 1. The van der Waals surface area contributed by atoms with Gasteiger partial charge >= 0.3 is 0 Å². The molecule has 1 amide bonds. The van der Waals surface area contributed by atoms with E-state index in [4.69, 9.17) is 12.2 Å². The molecule has 18 heavy (non-hydrogen) atoms. The molecule has 0 radical (unpaired) electrons. The molecule has 1 saturated heterocycles. The van der Waals surface area contributed by atoms with Gasteiger partial charge in [0.1, 0.15) is 0 Å². The third-order valence-corrected chi connectivity index (χ3v) is 4.52. The van der Waals surface area contributed by atoms with Gasteiger partial charge in [-0.2, -0.15) is 0 Å². The first-order valence-electron chi connectivity index (χ1n) is 6.16. The largest absolute Gasteiger partial charge is 0.339 e. The van der Waals surface area contributed by atoms with Crippen LogP contribution in [0.15, 0.2) is 18.2 Å². The molecule has 0 spiro atoms. The van der Waals surface area contributed by atoms with Gasteiger partial charge in [-0.1, -0.05) is 0 Å². The van der Waals surface area contributed by atoms with Gasteiger partial charge < -0.3 is 9.88 Å². The van der Waals surface area contributed by atoms with Crippen molar-refractivity contribution in [3.63, 3.8) is 0 Å². The lowest BCUT2D eigenvalue weighted by Gasteiger charge is -2.26. The van der Waals surface area contributed by atoms with Crippen molar-refractivity contribution in [2.24, 2.45) is 0 Å². The minimum Gasteiger partial charge on any atom is -0.339 e. The molecular formula is C13H14N2OS2. The van der Waals surface area contributed by atoms with E-state index >= 15 is 0 Å². The molecule has 3 rings (SSSR count). The third kappa shape index (κ3) is 2.20. The average Bonchev–Trinajstić information content (AvgIpc) is 2.78. The average molecular weight is 278 g/mol. The summed E-state index contributed by atoms with van der Waals surface area (Å²) in [6.45, 7) is 1.77. The predicted octanol–water partition coefficient (Wildman–Crippen LogP) is 3.58. The quantitative estimate of drug-likeness (QED) is 0.809. The first kappa shape index (κ1) is 11.9. The van der Waals surface area contributed by atoms with Crippen LogP contribution in [0.3, 0.4) is 0 Å². The summed E-state index contributed by atoms with van der Waals surface area (Å²) in [5, 5.41) is 0. The molecule has 0 saturated carbocycles. The maximum atomic E-state index is 12.3. The van der Waals surface area contributed by atoms with Crippen LogP contribution in [0.1, 0.15) is 29.6 Å². The number of nitrogens with zero attached hydrogens (tertiary/aromatic N) is 1. The minimum absolute atomic E-state index is 0.141. The Morgan fingerprint density at radius 1 is 1.28 bits per heavy atom. The van der Waals surface area contributed by atoms with Crippen molar-refractivity contribution in [3.8, 4) is 0 Å². The topological polar surface area (TPSA) is 36.1 Å². The number of nitrogens with one attached hydrogen (secondary N) is 1. The molecular weight excluding hydrogens is 264 g/mol. The number of hydrogen-bond acceptors (Lipinski definition) is 3. The summed E-state index contributed by atoms with van der Waals surface area (Å²) in [5.74, 6) is 0.141. The molecule has 0 unspecified atom stereocenters. The highest BCUT2D eigenvalue weighted by molar-refractivity contribution is 7.73. The molecule has 1 aliphatic heterocycles. The number of hydrogen-bond donors (Lipinski definition) is 1. The number of benzene rings is 1. The van der Waals surface area contributed by atoms with Crippen molar-refractivity contribution in [1.82, 2.24) is 9.88 Å². The Kier molecular flexibility index (Phi) is 3.18. The molecule has 0 atom stereocenters. The van der Waals surface area contributed by atoms with E-state index in [1.807, 2.05) is 23.1 Å². The molecule has 3 nitrogen and oxygen atoms in total. The van der Waals surface area contributed by atoms with Crippen molar-refractivity contribution < 1.29 is 4.79 Å². The monoisotopic (exact) mass is 278 g/mol. The molecule has 0 bridgehead atoms. The van der Waals surface area contributed by atoms with Gasteiger partial charge in [-0.25, -0.2) is 0 Å². The number of rotatable bonds is 1. The van der Waals surface area contributed by atoms with Crippen molar-refractivity contribution in [2.45, 2.75) is 19.3 Å². The summed E-state index contributed by atoms with van der Waals surface area (Å²) in [6.07, 6.45) is 3.48. The van der Waals surface area contributed by atoms with E-state index in [0.717, 1.165) is 45.7 Å². The van der Waals surface area contributed by atoms with Gasteiger partial charge in [0.15, 0.2) is 3.95 Å². The Bertz CT molecular complexity index is 638. The number of carbonyl (C=O) groups is 1. The van der Waals surface area contributed by atoms with Crippen LogP contribution in [0.25, 0.3) is 10.2 Å². The molecule has 1 aromatic carbocycles. The van der Waals surface area contributed by atoms with Crippen molar-refractivity contribution in [1.29, 1.82) is 0 Å². The zero-order valence-corrected chi connectivity index (χ0v) is 11.6. The van der Waals surface area contributed by atoms with Crippen LogP contribution in [0.5, 0.6) is 0 Å². The van der Waals surface area contributed by atoms with Gasteiger partial charge in [-0.3, -0.25) is 4.79 Å². The summed E-state index contributed by atoms with van der Waals surface area (Å²) < 4.78 is 1.86. The highest BCUT2D eigenvalue weighted by Crippen LogP contribution is 2.22. The second-order valence-electron chi connectivity index (χ2n) is 4.58. The van der Waals surface area contributed by atoms with E-state index in [2.05, 4.69) is 4.98 Å². The van der Waals surface area contributed by atoms with E-state index in [9.17, 15) is 4.79 Å². The smallest absolute Gasteiger partial charge is 0.253 e. The summed E-state index contributed by atoms with van der Waals surface area (Å²) in [7, 11) is 0. The first-order chi connectivity index (χ1) is 8.74. The minimum atomic E-state index is 0.141. The van der Waals surface area contributed by atoms with E-state index in [1.165, 1.54) is 6.42 Å². The number of carbonyl (C=O) groups excluding carboxylic acids is 1. The van der Waals surface area contributed by atoms with Crippen LogP contribution >= 0.6 is 23.6 Å². The molecule has 1 aliphatic rings. The molecule has 5 heteroatoms. The maximum absolute atomic E-state index is 12.3. The SMILES string of the molecule is O=C(c1ccc2sc(=S)[nH]c2c1)N1CCCCC1. The van der Waals surface area contributed by atoms with Crippen LogP contribution in [0.2, 0.25) is 0 Å². The second kappa shape index (κ2) is 4.82. The van der Waals surface area contributed by atoms with Gasteiger partial charge in [0, 0.05) is 18.7 Å². The van der Waals surface area contributed by atoms with Gasteiger partial charge in [0.25, 0.3) is 5.91 Å². The standard InChI is InChI=1S/C13H14N2OS2/c16-12(15-6-2-1-3-7-15)9-4-5-11-10(8-9)14-13(17)18-11/h4-5,8H,1-3,6-7H2,(H,14,17). The normalized spacial score (nSPS) is 16.1. The van der Waals surface area contributed by atoms with Gasteiger partial charge in [0.05, 0.1) is 10.2 Å². The zero-order chi connectivity index (χ0) is 12.5. The summed E-state index contributed by atoms with van der Waals surface area (Å²) in [4.78, 5) is 17.4. The molecule has 1 N–H and O–H groups in total. The Hall–Kier alpha value is -1.20. The van der Waals surface area contributed by atoms with Crippen LogP contribution in [0.4, 0.5) is 0 Å². The summed E-state index contributed by atoms with van der Waals surface area (Å²) in [5.41, 5.74) is 1.72. The number of piperidine rings is 1. The van der Waals surface area contributed by atoms with Gasteiger partial charge in [-0.05, 0) is 49.7 Å². The lowest BCUT2D eigenvalue weighted by atomic mass is 10.1. The zero-order valence-electron chi connectivity index (χ0n) is 9.94. The molecule has 0 aliphatic carbocycles. The van der Waals surface area contributed by atoms with E-state index in [0.29, 0.717) is 0 Å². The van der Waals surface area contributed by atoms with Crippen molar-refractivity contribution in [3.05, 3.63) is 27.7 Å². The van der Waals surface area contributed by atoms with Crippen LogP contribution in [-0.4, -0.2) is 28.9 Å². The van der Waals surface area contributed by atoms with Crippen LogP contribution in [-0.2, 0) is 0 Å². The Morgan fingerprint density at radius 3 is 2.83 bits per heavy atom. The van der Waals surface area contributed by atoms with Gasteiger partial charge in [-0.15, -0.1) is 11.3 Å². The second-order valence-corrected chi connectivity index (χ2v) is 6.30. The van der Waals surface area contributed by atoms with E-state index in [1.54, 1.807) is 11.3 Å². The fraction of sp³-hybridized carbons (Fsp3) is 0.385. The molecule has 1 aromatic heterocycles. The van der Waals surface area contributed by atoms with Crippen molar-refractivity contribution in [2.75, 3.05) is 13.1 Å². The van der Waals surface area contributed by atoms with Crippen molar-refractivity contribution >= 4 is 39.7 Å². The Labute approximate surface area is 114 Å². The van der Waals surface area contributed by atoms with Gasteiger partial charge in [0.2, 0.25) is 0 Å². The van der Waals surface area contributed by atoms with Crippen LogP contribution in [0, 0.1) is 3.95 Å². The van der Waals surface area contributed by atoms with E-state index < -0.39 is 0 Å². The molecule has 2 heterocycles. The highest BCUT2D eigenvalue weighted by Gasteiger charge is 2.18. The summed E-state index contributed by atoms with van der Waals surface area (Å²) >= 11 is 6.66. The van der Waals surface area contributed by atoms with Crippen LogP contribution < -0.4 is 0 Å². The number of likely N-dealkylation sites (tertiary alicyclic amines) is 1. The Morgan fingerprint density at radius 2 is 2.06 bits per heavy atom. The summed E-state index contributed by atoms with van der Waals surface area (Å²) in [6, 6.07) is 5.79. The number of aromatic amines is 1. The lowest BCUT2D eigenvalue weighted by Crippen LogP contribution is -2.35. The van der Waals surface area contributed by atoms with E-state index in [-0.39, 0.29) is 5.91 Å². The molecule has 1 fully saturated rings. The molecule has 94 valence electrons. The Balaban J connectivity index is 1.92. The highest BCUT2D eigenvalue weighted by atomic mass is 32.1. The fourth-order valence-corrected chi connectivity index (χ4v) is 3.46. The third-order valence-electron chi connectivity index (χ3n) is 3.31. The first-order valence-corrected chi connectivity index (χ1v) is 7.39.